The standard InChI is InChI=1S/C21H21N3O3S/c1-27-16-9-10-18(25)17(13-16)24-20(26)11-6-14-4-7-15(8-5-14)23-21(22)19-3-2-12-28-19/h2-5,7-10,12-13,25H,6,11H2,1H3,(H2,22,23)(H,24,26). The number of nitrogens with two attached hydrogens (primary N) is 1. The number of phenolic OH excluding ortho intramolecular Hbond substituents is 1. The van der Waals surface area contributed by atoms with Gasteiger partial charge in [0.05, 0.1) is 23.4 Å². The van der Waals surface area contributed by atoms with Gasteiger partial charge in [0.1, 0.15) is 17.3 Å². The van der Waals surface area contributed by atoms with E-state index in [1.54, 1.807) is 23.5 Å². The van der Waals surface area contributed by atoms with Gasteiger partial charge >= 0.3 is 0 Å². The number of rotatable bonds is 7. The lowest BCUT2D eigenvalue weighted by Gasteiger charge is -2.09. The van der Waals surface area contributed by atoms with E-state index in [2.05, 4.69) is 10.3 Å². The number of aryl methyl sites for hydroxylation is 1. The first kappa shape index (κ1) is 19.4. The van der Waals surface area contributed by atoms with E-state index in [4.69, 9.17) is 10.5 Å². The highest BCUT2D eigenvalue weighted by Crippen LogP contribution is 2.28. The Morgan fingerprint density at radius 2 is 2.00 bits per heavy atom. The van der Waals surface area contributed by atoms with Crippen LogP contribution in [-0.2, 0) is 11.2 Å². The quantitative estimate of drug-likeness (QED) is 0.319. The van der Waals surface area contributed by atoms with Crippen LogP contribution in [0.4, 0.5) is 11.4 Å². The number of phenols is 1. The molecule has 2 aromatic carbocycles. The molecule has 3 rings (SSSR count). The van der Waals surface area contributed by atoms with Crippen molar-refractivity contribution in [2.75, 3.05) is 12.4 Å². The number of ether oxygens (including phenoxy) is 1. The highest BCUT2D eigenvalue weighted by Gasteiger charge is 2.08. The Bertz CT molecular complexity index is 967. The van der Waals surface area contributed by atoms with Gasteiger partial charge in [-0.05, 0) is 47.7 Å². The minimum Gasteiger partial charge on any atom is -0.506 e. The van der Waals surface area contributed by atoms with Crippen molar-refractivity contribution in [3.8, 4) is 11.5 Å². The van der Waals surface area contributed by atoms with Crippen LogP contribution in [0.5, 0.6) is 11.5 Å². The van der Waals surface area contributed by atoms with Gasteiger partial charge in [-0.3, -0.25) is 4.79 Å². The molecule has 3 aromatic rings. The number of nitrogens with zero attached hydrogens (tertiary/aromatic N) is 1. The summed E-state index contributed by atoms with van der Waals surface area (Å²) in [6, 6.07) is 16.2. The van der Waals surface area contributed by atoms with E-state index >= 15 is 0 Å². The number of aromatic hydroxyl groups is 1. The fraction of sp³-hybridized carbons (Fsp3) is 0.143. The molecule has 0 spiro atoms. The van der Waals surface area contributed by atoms with E-state index in [9.17, 15) is 9.90 Å². The average molecular weight is 395 g/mol. The van der Waals surface area contributed by atoms with Gasteiger partial charge in [0.15, 0.2) is 0 Å². The van der Waals surface area contributed by atoms with Crippen LogP contribution >= 0.6 is 11.3 Å². The summed E-state index contributed by atoms with van der Waals surface area (Å²) in [7, 11) is 1.53. The Kier molecular flexibility index (Phi) is 6.29. The van der Waals surface area contributed by atoms with E-state index in [1.807, 2.05) is 41.8 Å². The van der Waals surface area contributed by atoms with Gasteiger partial charge < -0.3 is 20.9 Å². The summed E-state index contributed by atoms with van der Waals surface area (Å²) in [5.74, 6) is 0.860. The summed E-state index contributed by atoms with van der Waals surface area (Å²) in [5, 5.41) is 14.5. The van der Waals surface area contributed by atoms with Gasteiger partial charge in [0.2, 0.25) is 5.91 Å². The number of amides is 1. The number of methoxy groups -OCH3 is 1. The van der Waals surface area contributed by atoms with Crippen molar-refractivity contribution in [2.24, 2.45) is 10.7 Å². The highest BCUT2D eigenvalue weighted by atomic mass is 32.1. The number of amidine groups is 1. The molecule has 144 valence electrons. The zero-order chi connectivity index (χ0) is 19.9. The van der Waals surface area contributed by atoms with Gasteiger partial charge in [0.25, 0.3) is 0 Å². The molecular formula is C21H21N3O3S. The third kappa shape index (κ3) is 5.11. The molecule has 28 heavy (non-hydrogen) atoms. The maximum absolute atomic E-state index is 12.2. The number of aliphatic imine (C=N–C) groups is 1. The van der Waals surface area contributed by atoms with Gasteiger partial charge in [-0.15, -0.1) is 11.3 Å². The summed E-state index contributed by atoms with van der Waals surface area (Å²) in [6.07, 6.45) is 0.859. The SMILES string of the molecule is COc1ccc(O)c(NC(=O)CCc2ccc(N=C(N)c3cccs3)cc2)c1. The van der Waals surface area contributed by atoms with E-state index in [0.717, 1.165) is 16.1 Å². The Hall–Kier alpha value is -3.32. The maximum Gasteiger partial charge on any atom is 0.224 e. The maximum atomic E-state index is 12.2. The summed E-state index contributed by atoms with van der Waals surface area (Å²) >= 11 is 1.54. The fourth-order valence-electron chi connectivity index (χ4n) is 2.57. The van der Waals surface area contributed by atoms with Crippen molar-refractivity contribution in [1.29, 1.82) is 0 Å². The highest BCUT2D eigenvalue weighted by molar-refractivity contribution is 7.12. The van der Waals surface area contributed by atoms with Gasteiger partial charge in [-0.1, -0.05) is 18.2 Å². The lowest BCUT2D eigenvalue weighted by molar-refractivity contribution is -0.116. The number of carbonyl (C=O) groups is 1. The molecule has 0 aliphatic rings. The van der Waals surface area contributed by atoms with Gasteiger partial charge in [0, 0.05) is 12.5 Å². The molecule has 0 aliphatic heterocycles. The smallest absolute Gasteiger partial charge is 0.224 e. The number of nitrogens with one attached hydrogen (secondary N) is 1. The normalized spacial score (nSPS) is 11.2. The summed E-state index contributed by atoms with van der Waals surface area (Å²) in [6.45, 7) is 0. The first-order valence-electron chi connectivity index (χ1n) is 8.69. The molecule has 0 bridgehead atoms. The van der Waals surface area contributed by atoms with E-state index in [1.165, 1.54) is 13.2 Å². The molecule has 0 atom stereocenters. The molecule has 0 saturated carbocycles. The van der Waals surface area contributed by atoms with Crippen LogP contribution < -0.4 is 15.8 Å². The third-order valence-corrected chi connectivity index (χ3v) is 4.97. The molecule has 0 radical (unpaired) electrons. The molecule has 1 amide bonds. The van der Waals surface area contributed by atoms with E-state index in [0.29, 0.717) is 23.7 Å². The fourth-order valence-corrected chi connectivity index (χ4v) is 3.20. The molecule has 0 fully saturated rings. The van der Waals surface area contributed by atoms with Crippen molar-refractivity contribution < 1.29 is 14.6 Å². The number of anilines is 1. The molecule has 0 unspecified atom stereocenters. The largest absolute Gasteiger partial charge is 0.506 e. The number of hydrogen-bond donors (Lipinski definition) is 3. The van der Waals surface area contributed by atoms with Crippen LogP contribution in [0.1, 0.15) is 16.9 Å². The van der Waals surface area contributed by atoms with Crippen molar-refractivity contribution >= 4 is 34.5 Å². The van der Waals surface area contributed by atoms with Crippen LogP contribution in [-0.4, -0.2) is 24.0 Å². The molecular weight excluding hydrogens is 374 g/mol. The molecule has 0 aliphatic carbocycles. The van der Waals surface area contributed by atoms with Gasteiger partial charge in [-0.25, -0.2) is 4.99 Å². The van der Waals surface area contributed by atoms with Crippen LogP contribution in [0.15, 0.2) is 65.0 Å². The van der Waals surface area contributed by atoms with Crippen molar-refractivity contribution in [1.82, 2.24) is 0 Å². The zero-order valence-corrected chi connectivity index (χ0v) is 16.2. The first-order chi connectivity index (χ1) is 13.5. The van der Waals surface area contributed by atoms with E-state index < -0.39 is 0 Å². The monoisotopic (exact) mass is 395 g/mol. The van der Waals surface area contributed by atoms with Gasteiger partial charge in [-0.2, -0.15) is 0 Å². The molecule has 6 nitrogen and oxygen atoms in total. The van der Waals surface area contributed by atoms with Crippen LogP contribution in [0.2, 0.25) is 0 Å². The molecule has 0 saturated heterocycles. The zero-order valence-electron chi connectivity index (χ0n) is 15.4. The molecule has 1 aromatic heterocycles. The Balaban J connectivity index is 1.56. The Morgan fingerprint density at radius 3 is 2.68 bits per heavy atom. The topological polar surface area (TPSA) is 96.9 Å². The predicted molar refractivity (Wildman–Crippen MR) is 113 cm³/mol. The second-order valence-electron chi connectivity index (χ2n) is 6.07. The minimum atomic E-state index is -0.187. The lowest BCUT2D eigenvalue weighted by Crippen LogP contribution is -2.12. The van der Waals surface area contributed by atoms with Crippen molar-refractivity contribution in [2.45, 2.75) is 12.8 Å². The lowest BCUT2D eigenvalue weighted by atomic mass is 10.1. The number of carbonyl (C=O) groups excluding carboxylic acids is 1. The second-order valence-corrected chi connectivity index (χ2v) is 7.02. The molecule has 7 heteroatoms. The number of hydrogen-bond acceptors (Lipinski definition) is 5. The molecule has 1 heterocycles. The van der Waals surface area contributed by atoms with Crippen LogP contribution in [0, 0.1) is 0 Å². The van der Waals surface area contributed by atoms with Crippen molar-refractivity contribution in [3.05, 3.63) is 70.4 Å². The first-order valence-corrected chi connectivity index (χ1v) is 9.57. The summed E-state index contributed by atoms with van der Waals surface area (Å²) in [4.78, 5) is 17.5. The van der Waals surface area contributed by atoms with Crippen LogP contribution in [0.25, 0.3) is 0 Å². The van der Waals surface area contributed by atoms with E-state index in [-0.39, 0.29) is 18.1 Å². The third-order valence-electron chi connectivity index (χ3n) is 4.08. The summed E-state index contributed by atoms with van der Waals surface area (Å²) < 4.78 is 5.10. The second kappa shape index (κ2) is 9.05. The molecule has 4 N–H and O–H groups in total. The van der Waals surface area contributed by atoms with Crippen LogP contribution in [0.3, 0.4) is 0 Å². The number of thiophene rings is 1. The Labute approximate surface area is 167 Å². The number of benzene rings is 2. The summed E-state index contributed by atoms with van der Waals surface area (Å²) in [5.41, 5.74) is 8.10. The average Bonchev–Trinajstić information content (AvgIpc) is 3.24. The minimum absolute atomic E-state index is 0.000283. The Morgan fingerprint density at radius 1 is 1.21 bits per heavy atom. The predicted octanol–water partition coefficient (Wildman–Crippen LogP) is 4.07. The van der Waals surface area contributed by atoms with Crippen molar-refractivity contribution in [3.63, 3.8) is 0 Å².